The van der Waals surface area contributed by atoms with Crippen LogP contribution < -0.4 is 0 Å². The summed E-state index contributed by atoms with van der Waals surface area (Å²) in [5.74, 6) is -0.740. The van der Waals surface area contributed by atoms with E-state index in [0.717, 1.165) is 11.6 Å². The lowest BCUT2D eigenvalue weighted by Gasteiger charge is -2.07. The molecule has 0 aliphatic heterocycles. The van der Waals surface area contributed by atoms with Gasteiger partial charge < -0.3 is 4.74 Å². The zero-order chi connectivity index (χ0) is 17.7. The summed E-state index contributed by atoms with van der Waals surface area (Å²) in [4.78, 5) is 34.1. The highest BCUT2D eigenvalue weighted by Gasteiger charge is 2.15. The molecule has 0 unspecified atom stereocenters. The van der Waals surface area contributed by atoms with E-state index in [1.807, 2.05) is 12.1 Å². The Morgan fingerprint density at radius 2 is 1.75 bits per heavy atom. The van der Waals surface area contributed by atoms with Crippen LogP contribution in [-0.2, 0) is 4.74 Å². The summed E-state index contributed by atoms with van der Waals surface area (Å²) in [6, 6.07) is 12.3. The smallest absolute Gasteiger partial charge is 0.338 e. The molecule has 0 saturated heterocycles. The van der Waals surface area contributed by atoms with Crippen LogP contribution in [0.25, 0.3) is 0 Å². The van der Waals surface area contributed by atoms with Crippen molar-refractivity contribution in [1.29, 1.82) is 0 Å². The molecule has 0 aliphatic carbocycles. The molecule has 0 N–H and O–H groups in total. The summed E-state index contributed by atoms with van der Waals surface area (Å²) in [5, 5.41) is 10.7. The second-order valence-electron chi connectivity index (χ2n) is 5.58. The molecule has 0 radical (unpaired) electrons. The van der Waals surface area contributed by atoms with E-state index >= 15 is 0 Å². The van der Waals surface area contributed by atoms with Gasteiger partial charge in [-0.15, -0.1) is 0 Å². The van der Waals surface area contributed by atoms with Crippen molar-refractivity contribution >= 4 is 17.4 Å². The van der Waals surface area contributed by atoms with Crippen LogP contribution >= 0.6 is 0 Å². The third-order valence-corrected chi connectivity index (χ3v) is 3.53. The Hall–Kier alpha value is -3.02. The molecule has 2 aromatic rings. The fourth-order valence-electron chi connectivity index (χ4n) is 2.10. The summed E-state index contributed by atoms with van der Waals surface area (Å²) in [6.45, 7) is 3.69. The van der Waals surface area contributed by atoms with Gasteiger partial charge in [-0.3, -0.25) is 14.9 Å². The monoisotopic (exact) mass is 327 g/mol. The molecule has 2 aromatic carbocycles. The van der Waals surface area contributed by atoms with Gasteiger partial charge in [0.15, 0.2) is 12.4 Å². The number of Topliss-reactive ketones (excluding diaryl/α,β-unsaturated/α-hetero) is 1. The van der Waals surface area contributed by atoms with Crippen LogP contribution in [0.2, 0.25) is 0 Å². The minimum Gasteiger partial charge on any atom is -0.454 e. The predicted octanol–water partition coefficient (Wildman–Crippen LogP) is 3.76. The molecular formula is C18H17NO5. The average molecular weight is 327 g/mol. The van der Waals surface area contributed by atoms with Crippen molar-refractivity contribution < 1.29 is 19.2 Å². The largest absolute Gasteiger partial charge is 0.454 e. The van der Waals surface area contributed by atoms with Crippen molar-refractivity contribution in [3.63, 3.8) is 0 Å². The van der Waals surface area contributed by atoms with E-state index in [0.29, 0.717) is 11.5 Å². The molecule has 0 atom stereocenters. The van der Waals surface area contributed by atoms with Gasteiger partial charge in [0.2, 0.25) is 0 Å². The summed E-state index contributed by atoms with van der Waals surface area (Å²) < 4.78 is 4.95. The number of non-ortho nitro benzene ring substituents is 1. The molecule has 0 aliphatic rings. The van der Waals surface area contributed by atoms with E-state index in [4.69, 9.17) is 4.74 Å². The van der Waals surface area contributed by atoms with Gasteiger partial charge in [0, 0.05) is 17.7 Å². The fourth-order valence-corrected chi connectivity index (χ4v) is 2.10. The first kappa shape index (κ1) is 17.3. The lowest BCUT2D eigenvalue weighted by atomic mass is 10.0. The molecular weight excluding hydrogens is 310 g/mol. The summed E-state index contributed by atoms with van der Waals surface area (Å²) >= 11 is 0. The van der Waals surface area contributed by atoms with Gasteiger partial charge in [0.05, 0.1) is 10.5 Å². The van der Waals surface area contributed by atoms with Crippen LogP contribution in [0, 0.1) is 10.1 Å². The maximum atomic E-state index is 12.1. The van der Waals surface area contributed by atoms with Gasteiger partial charge in [-0.1, -0.05) is 44.2 Å². The van der Waals surface area contributed by atoms with E-state index in [-0.39, 0.29) is 17.0 Å². The highest BCUT2D eigenvalue weighted by molar-refractivity contribution is 5.99. The van der Waals surface area contributed by atoms with Crippen molar-refractivity contribution in [3.05, 3.63) is 75.3 Å². The van der Waals surface area contributed by atoms with Gasteiger partial charge in [-0.25, -0.2) is 4.79 Å². The first-order chi connectivity index (χ1) is 11.4. The number of rotatable bonds is 6. The molecule has 0 bridgehead atoms. The summed E-state index contributed by atoms with van der Waals surface area (Å²) in [6.07, 6.45) is 0. The zero-order valence-electron chi connectivity index (χ0n) is 13.4. The predicted molar refractivity (Wildman–Crippen MR) is 88.2 cm³/mol. The number of ketones is 1. The molecule has 2 rings (SSSR count). The lowest BCUT2D eigenvalue weighted by Crippen LogP contribution is -2.14. The number of ether oxygens (including phenoxy) is 1. The molecule has 0 fully saturated rings. The number of nitrogens with zero attached hydrogens (tertiary/aromatic N) is 1. The quantitative estimate of drug-likeness (QED) is 0.349. The number of hydrogen-bond acceptors (Lipinski definition) is 5. The molecule has 24 heavy (non-hydrogen) atoms. The Labute approximate surface area is 139 Å². The Morgan fingerprint density at radius 3 is 2.33 bits per heavy atom. The van der Waals surface area contributed by atoms with Gasteiger partial charge in [-0.2, -0.15) is 0 Å². The zero-order valence-corrected chi connectivity index (χ0v) is 13.4. The van der Waals surface area contributed by atoms with E-state index < -0.39 is 17.5 Å². The molecule has 0 spiro atoms. The van der Waals surface area contributed by atoms with Crippen LogP contribution in [0.4, 0.5) is 5.69 Å². The Kier molecular flexibility index (Phi) is 5.42. The van der Waals surface area contributed by atoms with Crippen LogP contribution in [0.15, 0.2) is 48.5 Å². The first-order valence-electron chi connectivity index (χ1n) is 7.43. The number of nitro groups is 1. The Bertz CT molecular complexity index is 765. The molecule has 0 aromatic heterocycles. The third-order valence-electron chi connectivity index (χ3n) is 3.53. The van der Waals surface area contributed by atoms with Crippen molar-refractivity contribution in [1.82, 2.24) is 0 Å². The lowest BCUT2D eigenvalue weighted by molar-refractivity contribution is -0.384. The molecule has 6 heteroatoms. The number of esters is 1. The topological polar surface area (TPSA) is 86.5 Å². The third kappa shape index (κ3) is 4.25. The highest BCUT2D eigenvalue weighted by atomic mass is 16.6. The van der Waals surface area contributed by atoms with Gasteiger partial charge in [-0.05, 0) is 17.5 Å². The minimum absolute atomic E-state index is 0.0344. The van der Waals surface area contributed by atoms with Gasteiger partial charge in [0.25, 0.3) is 5.69 Å². The number of nitro benzene ring substituents is 1. The minimum atomic E-state index is -0.772. The Balaban J connectivity index is 1.99. The van der Waals surface area contributed by atoms with Gasteiger partial charge in [0.1, 0.15) is 0 Å². The van der Waals surface area contributed by atoms with E-state index in [2.05, 4.69) is 13.8 Å². The van der Waals surface area contributed by atoms with Crippen LogP contribution in [-0.4, -0.2) is 23.3 Å². The number of carbonyl (C=O) groups is 2. The van der Waals surface area contributed by atoms with Crippen molar-refractivity contribution in [3.8, 4) is 0 Å². The second-order valence-corrected chi connectivity index (χ2v) is 5.58. The van der Waals surface area contributed by atoms with Crippen molar-refractivity contribution in [2.45, 2.75) is 19.8 Å². The molecule has 0 heterocycles. The van der Waals surface area contributed by atoms with Crippen molar-refractivity contribution in [2.24, 2.45) is 0 Å². The number of benzene rings is 2. The van der Waals surface area contributed by atoms with E-state index in [1.54, 1.807) is 12.1 Å². The molecule has 124 valence electrons. The van der Waals surface area contributed by atoms with Crippen LogP contribution in [0.3, 0.4) is 0 Å². The first-order valence-corrected chi connectivity index (χ1v) is 7.43. The van der Waals surface area contributed by atoms with Crippen LogP contribution in [0.5, 0.6) is 0 Å². The van der Waals surface area contributed by atoms with E-state index in [1.165, 1.54) is 18.2 Å². The number of carbonyl (C=O) groups excluding carboxylic acids is 2. The highest BCUT2D eigenvalue weighted by Crippen LogP contribution is 2.16. The van der Waals surface area contributed by atoms with Crippen molar-refractivity contribution in [2.75, 3.05) is 6.61 Å². The summed E-state index contributed by atoms with van der Waals surface area (Å²) in [7, 11) is 0. The maximum absolute atomic E-state index is 12.1. The van der Waals surface area contributed by atoms with E-state index in [9.17, 15) is 19.7 Å². The fraction of sp³-hybridized carbons (Fsp3) is 0.222. The SMILES string of the molecule is CC(C)c1ccc(C(=O)COC(=O)c2cccc([N+](=O)[O-])c2)cc1. The normalized spacial score (nSPS) is 10.5. The Morgan fingerprint density at radius 1 is 1.08 bits per heavy atom. The standard InChI is InChI=1S/C18H17NO5/c1-12(2)13-6-8-14(9-7-13)17(20)11-24-18(21)15-4-3-5-16(10-15)19(22)23/h3-10,12H,11H2,1-2H3. The van der Waals surface area contributed by atoms with Gasteiger partial charge >= 0.3 is 5.97 Å². The molecule has 0 amide bonds. The molecule has 6 nitrogen and oxygen atoms in total. The second kappa shape index (κ2) is 7.50. The van der Waals surface area contributed by atoms with Crippen LogP contribution in [0.1, 0.15) is 46.0 Å². The number of hydrogen-bond donors (Lipinski definition) is 0. The molecule has 0 saturated carbocycles. The maximum Gasteiger partial charge on any atom is 0.338 e. The average Bonchev–Trinajstić information content (AvgIpc) is 2.59. The summed E-state index contributed by atoms with van der Waals surface area (Å²) in [5.41, 5.74) is 1.39.